The van der Waals surface area contributed by atoms with Gasteiger partial charge in [0.2, 0.25) is 5.91 Å². The fraction of sp³-hybridized carbons (Fsp3) is 0.536. The molecular weight excluding hydrogens is 500 g/mol. The Balaban J connectivity index is 1.36. The number of ether oxygens (including phenoxy) is 1. The quantitative estimate of drug-likeness (QED) is 0.449. The van der Waals surface area contributed by atoms with Crippen LogP contribution in [-0.4, -0.2) is 60.6 Å². The number of hydrogen-bond donors (Lipinski definition) is 1. The maximum atomic E-state index is 14.2. The number of likely N-dealkylation sites (tertiary alicyclic amines) is 2. The lowest BCUT2D eigenvalue weighted by Gasteiger charge is -2.35. The number of amides is 1. The molecule has 0 spiro atoms. The van der Waals surface area contributed by atoms with Crippen LogP contribution in [0.4, 0.5) is 4.39 Å². The summed E-state index contributed by atoms with van der Waals surface area (Å²) in [5.41, 5.74) is 7.73. The third kappa shape index (κ3) is 6.91. The summed E-state index contributed by atoms with van der Waals surface area (Å²) in [6.45, 7) is 6.58. The van der Waals surface area contributed by atoms with Gasteiger partial charge in [-0.2, -0.15) is 0 Å². The summed E-state index contributed by atoms with van der Waals surface area (Å²) in [6, 6.07) is 9.57. The fourth-order valence-corrected chi connectivity index (χ4v) is 5.61. The van der Waals surface area contributed by atoms with Crippen molar-refractivity contribution < 1.29 is 13.9 Å². The molecule has 2 saturated heterocycles. The van der Waals surface area contributed by atoms with Crippen molar-refractivity contribution in [1.82, 2.24) is 9.80 Å². The lowest BCUT2D eigenvalue weighted by Crippen LogP contribution is -2.47. The van der Waals surface area contributed by atoms with Gasteiger partial charge < -0.3 is 15.4 Å². The molecule has 36 heavy (non-hydrogen) atoms. The standard InChI is InChI=1S/C28H36Cl2FN3O2/c1-2-23(18-33-11-3-4-12-33)36-27-17-22(30)7-8-24(27)19-9-13-34(14-10-19)28(35)26(32)15-20-5-6-21(29)16-25(20)31/h5-8,16-17,19,23,26H,2-4,9-15,18,32H2,1H3/t23-,26+/m0/s1. The zero-order valence-electron chi connectivity index (χ0n) is 20.9. The topological polar surface area (TPSA) is 58.8 Å². The molecule has 2 fully saturated rings. The molecule has 0 unspecified atom stereocenters. The zero-order valence-corrected chi connectivity index (χ0v) is 22.4. The molecule has 1 amide bonds. The van der Waals surface area contributed by atoms with E-state index < -0.39 is 11.9 Å². The first-order chi connectivity index (χ1) is 17.3. The average Bonchev–Trinajstić information content (AvgIpc) is 3.38. The van der Waals surface area contributed by atoms with Crippen molar-refractivity contribution >= 4 is 29.1 Å². The summed E-state index contributed by atoms with van der Waals surface area (Å²) in [4.78, 5) is 17.3. The van der Waals surface area contributed by atoms with Gasteiger partial charge in [-0.05, 0) is 92.9 Å². The largest absolute Gasteiger partial charge is 0.489 e. The Kier molecular flexibility index (Phi) is 9.51. The van der Waals surface area contributed by atoms with Gasteiger partial charge in [0.1, 0.15) is 17.7 Å². The second-order valence-electron chi connectivity index (χ2n) is 9.98. The molecular formula is C28H36Cl2FN3O2. The third-order valence-corrected chi connectivity index (χ3v) is 7.87. The first-order valence-corrected chi connectivity index (χ1v) is 13.8. The normalized spacial score (nSPS) is 18.9. The smallest absolute Gasteiger partial charge is 0.239 e. The van der Waals surface area contributed by atoms with Gasteiger partial charge >= 0.3 is 0 Å². The van der Waals surface area contributed by atoms with Crippen molar-refractivity contribution in [2.75, 3.05) is 32.7 Å². The molecule has 2 aliphatic rings. The average molecular weight is 537 g/mol. The number of piperidine rings is 1. The van der Waals surface area contributed by atoms with E-state index in [1.165, 1.54) is 18.9 Å². The molecule has 2 aromatic rings. The van der Waals surface area contributed by atoms with Gasteiger partial charge in [-0.3, -0.25) is 9.69 Å². The Bertz CT molecular complexity index is 1040. The van der Waals surface area contributed by atoms with Gasteiger partial charge in [0.05, 0.1) is 6.04 Å². The first-order valence-electron chi connectivity index (χ1n) is 13.0. The summed E-state index contributed by atoms with van der Waals surface area (Å²) in [6.07, 6.45) is 5.34. The van der Waals surface area contributed by atoms with Crippen LogP contribution in [0.2, 0.25) is 10.0 Å². The molecule has 8 heteroatoms. The van der Waals surface area contributed by atoms with Crippen molar-refractivity contribution in [2.45, 2.75) is 63.5 Å². The minimum Gasteiger partial charge on any atom is -0.489 e. The predicted molar refractivity (Wildman–Crippen MR) is 143 cm³/mol. The van der Waals surface area contributed by atoms with E-state index in [1.54, 1.807) is 17.0 Å². The number of benzene rings is 2. The Morgan fingerprint density at radius 3 is 2.42 bits per heavy atom. The van der Waals surface area contributed by atoms with Crippen molar-refractivity contribution in [2.24, 2.45) is 5.73 Å². The van der Waals surface area contributed by atoms with E-state index in [-0.39, 0.29) is 24.3 Å². The Hall–Kier alpha value is -1.86. The predicted octanol–water partition coefficient (Wildman–Crippen LogP) is 5.66. The SMILES string of the molecule is CC[C@@H](CN1CCCC1)Oc1cc(Cl)ccc1C1CCN(C(=O)[C@H](N)Cc2ccc(Cl)cc2F)CC1. The molecule has 0 aliphatic carbocycles. The van der Waals surface area contributed by atoms with Crippen molar-refractivity contribution in [3.8, 4) is 5.75 Å². The highest BCUT2D eigenvalue weighted by Gasteiger charge is 2.29. The zero-order chi connectivity index (χ0) is 25.7. The highest BCUT2D eigenvalue weighted by atomic mass is 35.5. The maximum absolute atomic E-state index is 14.2. The van der Waals surface area contributed by atoms with E-state index in [0.29, 0.717) is 28.7 Å². The molecule has 2 heterocycles. The molecule has 2 aromatic carbocycles. The van der Waals surface area contributed by atoms with Crippen LogP contribution >= 0.6 is 23.2 Å². The molecule has 0 radical (unpaired) electrons. The van der Waals surface area contributed by atoms with Gasteiger partial charge in [0, 0.05) is 29.7 Å². The molecule has 0 bridgehead atoms. The molecule has 4 rings (SSSR count). The van der Waals surface area contributed by atoms with E-state index in [0.717, 1.165) is 50.2 Å². The second-order valence-corrected chi connectivity index (χ2v) is 10.9. The van der Waals surface area contributed by atoms with Gasteiger partial charge in [0.15, 0.2) is 0 Å². The van der Waals surface area contributed by atoms with Gasteiger partial charge in [-0.1, -0.05) is 42.3 Å². The van der Waals surface area contributed by atoms with Crippen LogP contribution in [0.1, 0.15) is 56.1 Å². The second kappa shape index (κ2) is 12.6. The van der Waals surface area contributed by atoms with Crippen LogP contribution in [-0.2, 0) is 11.2 Å². The van der Waals surface area contributed by atoms with E-state index >= 15 is 0 Å². The fourth-order valence-electron chi connectivity index (χ4n) is 5.29. The first kappa shape index (κ1) is 27.2. The molecule has 2 atom stereocenters. The summed E-state index contributed by atoms with van der Waals surface area (Å²) in [5, 5.41) is 0.989. The maximum Gasteiger partial charge on any atom is 0.239 e. The van der Waals surface area contributed by atoms with Crippen LogP contribution in [0.25, 0.3) is 0 Å². The monoisotopic (exact) mass is 535 g/mol. The van der Waals surface area contributed by atoms with E-state index in [1.807, 2.05) is 12.1 Å². The highest BCUT2D eigenvalue weighted by molar-refractivity contribution is 6.31. The summed E-state index contributed by atoms with van der Waals surface area (Å²) < 4.78 is 20.7. The van der Waals surface area contributed by atoms with Gasteiger partial charge in [-0.15, -0.1) is 0 Å². The van der Waals surface area contributed by atoms with E-state index in [9.17, 15) is 9.18 Å². The van der Waals surface area contributed by atoms with Gasteiger partial charge in [0.25, 0.3) is 0 Å². The van der Waals surface area contributed by atoms with Crippen LogP contribution in [0.3, 0.4) is 0 Å². The molecule has 0 saturated carbocycles. The Labute approximate surface area is 223 Å². The number of halogens is 3. The van der Waals surface area contributed by atoms with Crippen molar-refractivity contribution in [3.05, 3.63) is 63.4 Å². The van der Waals surface area contributed by atoms with Crippen molar-refractivity contribution in [1.29, 1.82) is 0 Å². The van der Waals surface area contributed by atoms with Crippen LogP contribution < -0.4 is 10.5 Å². The molecule has 2 N–H and O–H groups in total. The summed E-state index contributed by atoms with van der Waals surface area (Å²) in [5.74, 6) is 0.547. The summed E-state index contributed by atoms with van der Waals surface area (Å²) >= 11 is 12.2. The van der Waals surface area contributed by atoms with Crippen molar-refractivity contribution in [3.63, 3.8) is 0 Å². The molecule has 196 valence electrons. The molecule has 2 aliphatic heterocycles. The Morgan fingerprint density at radius 1 is 1.08 bits per heavy atom. The van der Waals surface area contributed by atoms with Gasteiger partial charge in [-0.25, -0.2) is 4.39 Å². The van der Waals surface area contributed by atoms with Crippen LogP contribution in [0.5, 0.6) is 5.75 Å². The van der Waals surface area contributed by atoms with Crippen LogP contribution in [0, 0.1) is 5.82 Å². The van der Waals surface area contributed by atoms with E-state index in [2.05, 4.69) is 17.9 Å². The highest BCUT2D eigenvalue weighted by Crippen LogP contribution is 2.37. The minimum absolute atomic E-state index is 0.119. The lowest BCUT2D eigenvalue weighted by atomic mass is 9.88. The number of nitrogens with two attached hydrogens (primary N) is 1. The van der Waals surface area contributed by atoms with E-state index in [4.69, 9.17) is 33.7 Å². The lowest BCUT2D eigenvalue weighted by molar-refractivity contribution is -0.133. The number of carbonyl (C=O) groups is 1. The molecule has 0 aromatic heterocycles. The summed E-state index contributed by atoms with van der Waals surface area (Å²) in [7, 11) is 0. The third-order valence-electron chi connectivity index (χ3n) is 7.40. The number of carbonyl (C=O) groups excluding carboxylic acids is 1. The Morgan fingerprint density at radius 2 is 1.75 bits per heavy atom. The molecule has 5 nitrogen and oxygen atoms in total. The number of rotatable bonds is 9. The number of nitrogens with zero attached hydrogens (tertiary/aromatic N) is 2. The minimum atomic E-state index is -0.789. The van der Waals surface area contributed by atoms with Crippen LogP contribution in [0.15, 0.2) is 36.4 Å². The number of hydrogen-bond acceptors (Lipinski definition) is 4.